The van der Waals surface area contributed by atoms with Gasteiger partial charge in [-0.05, 0) is 47.4 Å². The van der Waals surface area contributed by atoms with E-state index in [1.165, 1.54) is 11.1 Å². The van der Waals surface area contributed by atoms with Gasteiger partial charge in [-0.3, -0.25) is 4.79 Å². The van der Waals surface area contributed by atoms with Crippen LogP contribution in [0.4, 0.5) is 4.79 Å². The minimum Gasteiger partial charge on any atom is -0.480 e. The maximum atomic E-state index is 12.5. The standard InChI is InChI=1S/C25H28N2O6/c28-13-22(24(30)31)27-23(29)12-15-9-10-16(11-15)26-25(32)33-14-21-19-7-3-1-5-17(19)18-6-2-4-8-20(18)21/h1-8,15-16,21-22,28H,9-14H2,(H,26,32)(H,27,29)(H,30,31)/t15-,16+,22+/m1/s1. The number of nitrogens with one attached hydrogen (secondary N) is 2. The Hall–Kier alpha value is -3.39. The molecule has 2 aliphatic rings. The maximum absolute atomic E-state index is 12.5. The summed E-state index contributed by atoms with van der Waals surface area (Å²) in [5, 5.41) is 23.2. The monoisotopic (exact) mass is 452 g/mol. The number of ether oxygens (including phenoxy) is 1. The Morgan fingerprint density at radius 1 is 1.00 bits per heavy atom. The van der Waals surface area contributed by atoms with Crippen molar-refractivity contribution in [3.8, 4) is 11.1 Å². The molecule has 1 saturated carbocycles. The molecule has 4 N–H and O–H groups in total. The number of aliphatic carboxylic acids is 1. The van der Waals surface area contributed by atoms with Crippen LogP contribution in [0.5, 0.6) is 0 Å². The van der Waals surface area contributed by atoms with Gasteiger partial charge >= 0.3 is 12.1 Å². The number of carbonyl (C=O) groups is 3. The zero-order valence-corrected chi connectivity index (χ0v) is 18.2. The minimum absolute atomic E-state index is 0.00289. The smallest absolute Gasteiger partial charge is 0.407 e. The number of aliphatic hydroxyl groups excluding tert-OH is 1. The van der Waals surface area contributed by atoms with Crippen LogP contribution in [0.3, 0.4) is 0 Å². The molecule has 0 radical (unpaired) electrons. The molecule has 33 heavy (non-hydrogen) atoms. The molecule has 0 unspecified atom stereocenters. The number of hydrogen-bond donors (Lipinski definition) is 4. The van der Waals surface area contributed by atoms with Gasteiger partial charge in [0, 0.05) is 18.4 Å². The van der Waals surface area contributed by atoms with Crippen molar-refractivity contribution in [1.82, 2.24) is 10.6 Å². The van der Waals surface area contributed by atoms with Gasteiger partial charge in [-0.15, -0.1) is 0 Å². The van der Waals surface area contributed by atoms with Crippen LogP contribution in [0.25, 0.3) is 11.1 Å². The number of carboxylic acid groups (broad SMARTS) is 1. The Morgan fingerprint density at radius 3 is 2.24 bits per heavy atom. The van der Waals surface area contributed by atoms with E-state index < -0.39 is 30.6 Å². The molecule has 2 aromatic rings. The van der Waals surface area contributed by atoms with Gasteiger partial charge in [-0.25, -0.2) is 9.59 Å². The van der Waals surface area contributed by atoms with E-state index in [-0.39, 0.29) is 30.9 Å². The largest absolute Gasteiger partial charge is 0.480 e. The summed E-state index contributed by atoms with van der Waals surface area (Å²) in [6, 6.07) is 14.9. The van der Waals surface area contributed by atoms with Crippen molar-refractivity contribution in [2.45, 2.75) is 43.7 Å². The van der Waals surface area contributed by atoms with Crippen molar-refractivity contribution in [2.24, 2.45) is 5.92 Å². The van der Waals surface area contributed by atoms with Crippen molar-refractivity contribution in [2.75, 3.05) is 13.2 Å². The lowest BCUT2D eigenvalue weighted by Crippen LogP contribution is -2.43. The molecular formula is C25H28N2O6. The fraction of sp³-hybridized carbons (Fsp3) is 0.400. The molecule has 2 aromatic carbocycles. The predicted octanol–water partition coefficient (Wildman–Crippen LogP) is 2.65. The maximum Gasteiger partial charge on any atom is 0.407 e. The number of aliphatic hydroxyl groups is 1. The van der Waals surface area contributed by atoms with E-state index >= 15 is 0 Å². The Morgan fingerprint density at radius 2 is 1.64 bits per heavy atom. The second-order valence-corrected chi connectivity index (χ2v) is 8.69. The third-order valence-electron chi connectivity index (χ3n) is 6.50. The van der Waals surface area contributed by atoms with E-state index in [1.807, 2.05) is 24.3 Å². The summed E-state index contributed by atoms with van der Waals surface area (Å²) in [6.45, 7) is -0.409. The summed E-state index contributed by atoms with van der Waals surface area (Å²) in [5.41, 5.74) is 4.65. The molecule has 0 bridgehead atoms. The number of hydrogen-bond acceptors (Lipinski definition) is 5. The van der Waals surface area contributed by atoms with Crippen molar-refractivity contribution >= 4 is 18.0 Å². The lowest BCUT2D eigenvalue weighted by molar-refractivity contribution is -0.143. The van der Waals surface area contributed by atoms with E-state index in [0.717, 1.165) is 24.0 Å². The zero-order chi connectivity index (χ0) is 23.4. The van der Waals surface area contributed by atoms with E-state index in [1.54, 1.807) is 0 Å². The highest BCUT2D eigenvalue weighted by atomic mass is 16.5. The third-order valence-corrected chi connectivity index (χ3v) is 6.50. The molecular weight excluding hydrogens is 424 g/mol. The first-order chi connectivity index (χ1) is 16.0. The van der Waals surface area contributed by atoms with Crippen molar-refractivity contribution < 1.29 is 29.3 Å². The molecule has 8 nitrogen and oxygen atoms in total. The second kappa shape index (κ2) is 10.0. The Bertz CT molecular complexity index is 994. The lowest BCUT2D eigenvalue weighted by atomic mass is 9.98. The van der Waals surface area contributed by atoms with Gasteiger partial charge in [0.25, 0.3) is 0 Å². The predicted molar refractivity (Wildman–Crippen MR) is 121 cm³/mol. The van der Waals surface area contributed by atoms with Crippen molar-refractivity contribution in [3.63, 3.8) is 0 Å². The van der Waals surface area contributed by atoms with Crippen LogP contribution >= 0.6 is 0 Å². The van der Waals surface area contributed by atoms with E-state index in [4.69, 9.17) is 14.9 Å². The van der Waals surface area contributed by atoms with E-state index in [0.29, 0.717) is 6.42 Å². The summed E-state index contributed by atoms with van der Waals surface area (Å²) in [5.74, 6) is -1.65. The quantitative estimate of drug-likeness (QED) is 0.488. The van der Waals surface area contributed by atoms with Gasteiger partial charge in [0.1, 0.15) is 12.6 Å². The van der Waals surface area contributed by atoms with Crippen LogP contribution in [0.1, 0.15) is 42.7 Å². The number of amides is 2. The highest BCUT2D eigenvalue weighted by molar-refractivity contribution is 5.83. The molecule has 0 saturated heterocycles. The molecule has 0 aromatic heterocycles. The number of fused-ring (bicyclic) bond motifs is 3. The van der Waals surface area contributed by atoms with E-state index in [9.17, 15) is 14.4 Å². The average Bonchev–Trinajstić information content (AvgIpc) is 3.37. The first-order valence-corrected chi connectivity index (χ1v) is 11.2. The molecule has 0 spiro atoms. The van der Waals surface area contributed by atoms with Crippen molar-refractivity contribution in [3.05, 3.63) is 59.7 Å². The van der Waals surface area contributed by atoms with Crippen LogP contribution in [0, 0.1) is 5.92 Å². The summed E-state index contributed by atoms with van der Waals surface area (Å²) >= 11 is 0. The number of alkyl carbamates (subject to hydrolysis) is 1. The molecule has 8 heteroatoms. The topological polar surface area (TPSA) is 125 Å². The minimum atomic E-state index is -1.30. The van der Waals surface area contributed by atoms with E-state index in [2.05, 4.69) is 34.9 Å². The molecule has 174 valence electrons. The fourth-order valence-corrected chi connectivity index (χ4v) is 4.90. The second-order valence-electron chi connectivity index (χ2n) is 8.69. The zero-order valence-electron chi connectivity index (χ0n) is 18.2. The van der Waals surface area contributed by atoms with Crippen LogP contribution in [0.15, 0.2) is 48.5 Å². The SMILES string of the molecule is O=C(C[C@@H]1CC[C@H](NC(=O)OCC2c3ccccc3-c3ccccc32)C1)N[C@@H](CO)C(=O)O. The molecule has 0 aliphatic heterocycles. The summed E-state index contributed by atoms with van der Waals surface area (Å²) in [6.07, 6.45) is 1.78. The van der Waals surface area contributed by atoms with Gasteiger partial charge in [0.15, 0.2) is 0 Å². The molecule has 1 fully saturated rings. The number of carbonyl (C=O) groups excluding carboxylic acids is 2. The molecule has 2 aliphatic carbocycles. The van der Waals surface area contributed by atoms with Crippen LogP contribution < -0.4 is 10.6 Å². The van der Waals surface area contributed by atoms with Gasteiger partial charge in [0.05, 0.1) is 6.61 Å². The van der Waals surface area contributed by atoms with Gasteiger partial charge in [-0.2, -0.15) is 0 Å². The number of rotatable bonds is 8. The summed E-state index contributed by atoms with van der Waals surface area (Å²) in [7, 11) is 0. The highest BCUT2D eigenvalue weighted by Gasteiger charge is 2.31. The van der Waals surface area contributed by atoms with Crippen LogP contribution in [-0.4, -0.2) is 53.5 Å². The van der Waals surface area contributed by atoms with Gasteiger partial charge in [-0.1, -0.05) is 48.5 Å². The number of carboxylic acids is 1. The fourth-order valence-electron chi connectivity index (χ4n) is 4.90. The Kier molecular flexibility index (Phi) is 6.93. The number of benzene rings is 2. The highest BCUT2D eigenvalue weighted by Crippen LogP contribution is 2.44. The average molecular weight is 453 g/mol. The molecule has 3 atom stereocenters. The summed E-state index contributed by atoms with van der Waals surface area (Å²) < 4.78 is 5.59. The Balaban J connectivity index is 1.26. The van der Waals surface area contributed by atoms with Gasteiger partial charge in [0.2, 0.25) is 5.91 Å². The van der Waals surface area contributed by atoms with Crippen LogP contribution in [0.2, 0.25) is 0 Å². The van der Waals surface area contributed by atoms with Gasteiger partial charge < -0.3 is 25.6 Å². The first-order valence-electron chi connectivity index (χ1n) is 11.2. The van der Waals surface area contributed by atoms with Crippen LogP contribution in [-0.2, 0) is 14.3 Å². The Labute approximate surface area is 192 Å². The molecule has 4 rings (SSSR count). The third kappa shape index (κ3) is 5.17. The lowest BCUT2D eigenvalue weighted by Gasteiger charge is -2.17. The molecule has 0 heterocycles. The van der Waals surface area contributed by atoms with Crippen molar-refractivity contribution in [1.29, 1.82) is 0 Å². The summed E-state index contributed by atoms with van der Waals surface area (Å²) in [4.78, 5) is 35.5. The normalized spacial score (nSPS) is 19.9. The first kappa shape index (κ1) is 22.8. The molecule has 2 amide bonds.